The molecule has 3 aromatic rings. The molecule has 0 saturated carbocycles. The summed E-state index contributed by atoms with van der Waals surface area (Å²) in [7, 11) is 0. The highest BCUT2D eigenvalue weighted by atomic mass is 19.1. The third kappa shape index (κ3) is 8.95. The van der Waals surface area contributed by atoms with Crippen LogP contribution in [0.25, 0.3) is 0 Å². The lowest BCUT2D eigenvalue weighted by Crippen LogP contribution is -2.62. The number of carbonyl (C=O) groups is 3. The van der Waals surface area contributed by atoms with Gasteiger partial charge in [-0.15, -0.1) is 0 Å². The molecule has 10 heteroatoms. The van der Waals surface area contributed by atoms with Gasteiger partial charge in [-0.25, -0.2) is 8.78 Å². The van der Waals surface area contributed by atoms with Crippen LogP contribution < -0.4 is 10.6 Å². The molecule has 240 valence electrons. The Kier molecular flexibility index (Phi) is 11.8. The van der Waals surface area contributed by atoms with Crippen molar-refractivity contribution in [2.24, 2.45) is 0 Å². The molecule has 3 N–H and O–H groups in total. The molecule has 1 aliphatic rings. The van der Waals surface area contributed by atoms with Gasteiger partial charge in [0.25, 0.3) is 17.7 Å². The second-order valence-corrected chi connectivity index (χ2v) is 11.6. The van der Waals surface area contributed by atoms with E-state index in [0.29, 0.717) is 42.9 Å². The minimum Gasteiger partial charge on any atom is -0.389 e. The molecule has 3 amide bonds. The van der Waals surface area contributed by atoms with Crippen LogP contribution in [0, 0.1) is 18.6 Å². The van der Waals surface area contributed by atoms with Crippen molar-refractivity contribution < 1.29 is 28.3 Å². The smallest absolute Gasteiger partial charge is 0.253 e. The van der Waals surface area contributed by atoms with Crippen LogP contribution in [-0.2, 0) is 6.42 Å². The maximum atomic E-state index is 14.1. The Morgan fingerprint density at radius 2 is 1.60 bits per heavy atom. The molecule has 0 bridgehead atoms. The fourth-order valence-electron chi connectivity index (χ4n) is 5.80. The first kappa shape index (κ1) is 33.7. The third-order valence-electron chi connectivity index (χ3n) is 7.89. The number of nitrogens with zero attached hydrogens (tertiary/aromatic N) is 2. The molecule has 0 radical (unpaired) electrons. The molecule has 1 fully saturated rings. The Labute approximate surface area is 263 Å². The first-order chi connectivity index (χ1) is 21.6. The lowest BCUT2D eigenvalue weighted by Gasteiger charge is -2.39. The van der Waals surface area contributed by atoms with Gasteiger partial charge >= 0.3 is 0 Å². The summed E-state index contributed by atoms with van der Waals surface area (Å²) < 4.78 is 28.2. The number of carbonyl (C=O) groups excluding carboxylic acids is 3. The van der Waals surface area contributed by atoms with Crippen LogP contribution in [0.5, 0.6) is 0 Å². The van der Waals surface area contributed by atoms with Gasteiger partial charge in [0.15, 0.2) is 0 Å². The summed E-state index contributed by atoms with van der Waals surface area (Å²) in [6.07, 6.45) is 0.288. The number of piperazine rings is 1. The van der Waals surface area contributed by atoms with E-state index in [0.717, 1.165) is 31.0 Å². The van der Waals surface area contributed by atoms with Crippen LogP contribution in [0.1, 0.15) is 68.9 Å². The lowest BCUT2D eigenvalue weighted by atomic mass is 9.94. The number of benzene rings is 3. The number of aliphatic hydroxyl groups is 1. The molecular weight excluding hydrogens is 578 g/mol. The van der Waals surface area contributed by atoms with E-state index < -0.39 is 35.7 Å². The molecule has 45 heavy (non-hydrogen) atoms. The highest BCUT2D eigenvalue weighted by Crippen LogP contribution is 2.18. The van der Waals surface area contributed by atoms with Crippen molar-refractivity contribution in [2.45, 2.75) is 58.2 Å². The molecule has 0 aliphatic carbocycles. The maximum Gasteiger partial charge on any atom is 0.253 e. The number of halogens is 2. The van der Waals surface area contributed by atoms with Crippen molar-refractivity contribution in [3.8, 4) is 0 Å². The van der Waals surface area contributed by atoms with Crippen molar-refractivity contribution in [1.29, 1.82) is 0 Å². The van der Waals surface area contributed by atoms with Crippen molar-refractivity contribution in [3.05, 3.63) is 106 Å². The Bertz CT molecular complexity index is 1460. The fourth-order valence-corrected chi connectivity index (χ4v) is 5.80. The van der Waals surface area contributed by atoms with E-state index in [1.807, 2.05) is 19.9 Å². The zero-order chi connectivity index (χ0) is 32.5. The predicted molar refractivity (Wildman–Crippen MR) is 169 cm³/mol. The third-order valence-corrected chi connectivity index (χ3v) is 7.89. The van der Waals surface area contributed by atoms with Crippen LogP contribution in [-0.4, -0.2) is 83.5 Å². The van der Waals surface area contributed by atoms with Crippen molar-refractivity contribution in [1.82, 2.24) is 20.4 Å². The van der Waals surface area contributed by atoms with Gasteiger partial charge in [-0.3, -0.25) is 14.4 Å². The zero-order valence-corrected chi connectivity index (χ0v) is 26.1. The van der Waals surface area contributed by atoms with Crippen LogP contribution in [0.15, 0.2) is 66.7 Å². The summed E-state index contributed by atoms with van der Waals surface area (Å²) in [5.41, 5.74) is 2.10. The standard InChI is InChI=1S/C35H42F2N4O4/c1-4-12-40(13-5-2)35(45)27-16-23(3)15-26(20-27)33(43)39-30(19-24-17-28(36)21-29(37)18-24)32(42)31-22-41(14-11-38-31)34(44)25-9-7-6-8-10-25/h6-10,15-18,20-21,30-32,38,42H,4-5,11-14,19,22H2,1-3H3,(H,39,43)/t30-,31+,32-/m0/s1. The molecule has 0 spiro atoms. The highest BCUT2D eigenvalue weighted by molar-refractivity contribution is 6.00. The monoisotopic (exact) mass is 620 g/mol. The van der Waals surface area contributed by atoms with E-state index in [-0.39, 0.29) is 35.9 Å². The Hall–Kier alpha value is -4.15. The van der Waals surface area contributed by atoms with Gasteiger partial charge in [0.05, 0.1) is 18.2 Å². The number of nitrogens with one attached hydrogen (secondary N) is 2. The van der Waals surface area contributed by atoms with Crippen molar-refractivity contribution >= 4 is 17.7 Å². The number of aliphatic hydroxyl groups excluding tert-OH is 1. The number of amides is 3. The van der Waals surface area contributed by atoms with Gasteiger partial charge in [-0.05, 0) is 79.8 Å². The van der Waals surface area contributed by atoms with E-state index in [1.165, 1.54) is 6.07 Å². The number of aryl methyl sites for hydroxylation is 1. The van der Waals surface area contributed by atoms with E-state index in [4.69, 9.17) is 0 Å². The van der Waals surface area contributed by atoms with Gasteiger partial charge in [0.2, 0.25) is 0 Å². The van der Waals surface area contributed by atoms with E-state index in [9.17, 15) is 28.3 Å². The summed E-state index contributed by atoms with van der Waals surface area (Å²) in [5.74, 6) is -2.44. The minimum absolute atomic E-state index is 0.0786. The highest BCUT2D eigenvalue weighted by Gasteiger charge is 2.34. The number of hydrogen-bond donors (Lipinski definition) is 3. The molecule has 1 aliphatic heterocycles. The van der Waals surface area contributed by atoms with Crippen LogP contribution in [0.2, 0.25) is 0 Å². The second kappa shape index (κ2) is 15.7. The van der Waals surface area contributed by atoms with Gasteiger partial charge in [0, 0.05) is 55.5 Å². The average Bonchev–Trinajstić information content (AvgIpc) is 3.03. The Morgan fingerprint density at radius 1 is 0.956 bits per heavy atom. The zero-order valence-electron chi connectivity index (χ0n) is 26.1. The Morgan fingerprint density at radius 3 is 2.24 bits per heavy atom. The molecule has 8 nitrogen and oxygen atoms in total. The Balaban J connectivity index is 1.59. The summed E-state index contributed by atoms with van der Waals surface area (Å²) >= 11 is 0. The summed E-state index contributed by atoms with van der Waals surface area (Å²) in [6, 6.07) is 15.2. The largest absolute Gasteiger partial charge is 0.389 e. The molecule has 1 saturated heterocycles. The van der Waals surface area contributed by atoms with Crippen LogP contribution >= 0.6 is 0 Å². The first-order valence-corrected chi connectivity index (χ1v) is 15.5. The number of hydrogen-bond acceptors (Lipinski definition) is 5. The molecule has 1 heterocycles. The molecule has 4 rings (SSSR count). The van der Waals surface area contributed by atoms with Crippen molar-refractivity contribution in [3.63, 3.8) is 0 Å². The lowest BCUT2D eigenvalue weighted by molar-refractivity contribution is 0.0409. The van der Waals surface area contributed by atoms with Gasteiger partial charge in [-0.1, -0.05) is 32.0 Å². The normalized spacial score (nSPS) is 16.1. The first-order valence-electron chi connectivity index (χ1n) is 15.5. The van der Waals surface area contributed by atoms with Crippen LogP contribution in [0.3, 0.4) is 0 Å². The van der Waals surface area contributed by atoms with Gasteiger partial charge in [0.1, 0.15) is 11.6 Å². The molecule has 0 aromatic heterocycles. The predicted octanol–water partition coefficient (Wildman–Crippen LogP) is 4.35. The van der Waals surface area contributed by atoms with E-state index >= 15 is 0 Å². The van der Waals surface area contributed by atoms with Crippen LogP contribution in [0.4, 0.5) is 8.78 Å². The fraction of sp³-hybridized carbons (Fsp3) is 0.400. The summed E-state index contributed by atoms with van der Waals surface area (Å²) in [5, 5.41) is 17.7. The topological polar surface area (TPSA) is 102 Å². The molecule has 3 atom stereocenters. The van der Waals surface area contributed by atoms with Gasteiger partial charge in [-0.2, -0.15) is 0 Å². The quantitative estimate of drug-likeness (QED) is 0.280. The molecule has 0 unspecified atom stereocenters. The minimum atomic E-state index is -1.23. The van der Waals surface area contributed by atoms with Gasteiger partial charge < -0.3 is 25.5 Å². The molecular formula is C35H42F2N4O4. The maximum absolute atomic E-state index is 14.1. The summed E-state index contributed by atoms with van der Waals surface area (Å²) in [6.45, 7) is 7.98. The second-order valence-electron chi connectivity index (χ2n) is 11.6. The van der Waals surface area contributed by atoms with Crippen molar-refractivity contribution in [2.75, 3.05) is 32.7 Å². The SMILES string of the molecule is CCCN(CCC)C(=O)c1cc(C)cc(C(=O)N[C@@H](Cc2cc(F)cc(F)c2)[C@H](O)[C@H]2CN(C(=O)c3ccccc3)CCN2)c1. The average molecular weight is 621 g/mol. The van der Waals surface area contributed by atoms with E-state index in [1.54, 1.807) is 53.1 Å². The summed E-state index contributed by atoms with van der Waals surface area (Å²) in [4.78, 5) is 43.6. The number of rotatable bonds is 12. The van der Waals surface area contributed by atoms with E-state index in [2.05, 4.69) is 10.6 Å². The molecule has 3 aromatic carbocycles.